The topological polar surface area (TPSA) is 143 Å². The molecule has 0 amide bonds. The van der Waals surface area contributed by atoms with E-state index in [4.69, 9.17) is 4.74 Å². The molecule has 0 aromatic carbocycles. The molecule has 11 nitrogen and oxygen atoms in total. The summed E-state index contributed by atoms with van der Waals surface area (Å²) in [5.41, 5.74) is 4.25. The molecule has 34 heteroatoms. The van der Waals surface area contributed by atoms with Crippen LogP contribution in [0.25, 0.3) is 0 Å². The van der Waals surface area contributed by atoms with E-state index in [2.05, 4.69) is 10.9 Å². The fraction of sp³-hybridized carbons (Fsp3) is 1.00. The predicted octanol–water partition coefficient (Wildman–Crippen LogP) is 2.74. The van der Waals surface area contributed by atoms with Crippen molar-refractivity contribution >= 4 is 57.4 Å². The van der Waals surface area contributed by atoms with Crippen LogP contribution in [0.15, 0.2) is 0 Å². The summed E-state index contributed by atoms with van der Waals surface area (Å²) in [7, 11) is -8.68. The number of hydrogen-bond acceptors (Lipinski definition) is 10. The maximum absolute atomic E-state index is 14.2. The van der Waals surface area contributed by atoms with Gasteiger partial charge in [0.25, 0.3) is 10.0 Å². The van der Waals surface area contributed by atoms with Crippen LogP contribution >= 0.6 is 37.2 Å². The number of hydrazine groups is 3. The summed E-state index contributed by atoms with van der Waals surface area (Å²) in [5, 5.41) is -6.51. The Bertz CT molecular complexity index is 1390. The number of ether oxygens (including phenoxy) is 1. The van der Waals surface area contributed by atoms with Crippen molar-refractivity contribution in [2.24, 2.45) is 0 Å². The number of nitrogens with one attached hydrogen (secondary N) is 3. The van der Waals surface area contributed by atoms with E-state index in [-0.39, 0.29) is 66.8 Å². The fourth-order valence-electron chi connectivity index (χ4n) is 3.73. The van der Waals surface area contributed by atoms with Gasteiger partial charge in [0.2, 0.25) is 0 Å². The van der Waals surface area contributed by atoms with Crippen molar-refractivity contribution in [1.82, 2.24) is 25.8 Å². The normalized spacial score (nSPS) is 18.5. The van der Waals surface area contributed by atoms with Crippen molar-refractivity contribution in [3.05, 3.63) is 0 Å². The van der Waals surface area contributed by atoms with E-state index in [1.54, 1.807) is 0 Å². The molecule has 1 fully saturated rings. The number of hydrogen-bond donors (Lipinski definition) is 3. The average Bonchev–Trinajstić information content (AvgIpc) is 2.92. The van der Waals surface area contributed by atoms with Crippen molar-refractivity contribution in [1.29, 1.82) is 0 Å². The first kappa shape index (κ1) is 63.5. The van der Waals surface area contributed by atoms with Gasteiger partial charge < -0.3 is 9.29 Å². The van der Waals surface area contributed by atoms with E-state index in [1.165, 1.54) is 0 Å². The quantitative estimate of drug-likeness (QED) is 0.0656. The Morgan fingerprint density at radius 3 is 1.28 bits per heavy atom. The van der Waals surface area contributed by atoms with Crippen molar-refractivity contribution in [3.63, 3.8) is 0 Å². The minimum absolute atomic E-state index is 0. The Labute approximate surface area is 337 Å². The molecule has 1 saturated heterocycles. The predicted molar refractivity (Wildman–Crippen MR) is 154 cm³/mol. The van der Waals surface area contributed by atoms with Crippen LogP contribution in [-0.2, 0) is 24.9 Å². The molecule has 0 aromatic rings. The van der Waals surface area contributed by atoms with E-state index in [0.717, 1.165) is 28.1 Å². The van der Waals surface area contributed by atoms with Crippen LogP contribution in [-0.4, -0.2) is 117 Å². The molecule has 2 unspecified atom stereocenters. The van der Waals surface area contributed by atoms with Crippen LogP contribution in [0.3, 0.4) is 0 Å². The first-order valence-corrected chi connectivity index (χ1v) is 16.0. The van der Waals surface area contributed by atoms with E-state index < -0.39 is 84.6 Å². The van der Waals surface area contributed by atoms with Gasteiger partial charge in [0, 0.05) is 27.6 Å². The van der Waals surface area contributed by atoms with Gasteiger partial charge in [-0.15, -0.1) is 42.3 Å². The van der Waals surface area contributed by atoms with E-state index in [1.807, 2.05) is 6.92 Å². The Morgan fingerprint density at radius 2 is 1.06 bits per heavy atom. The molecule has 3 N–H and O–H groups in total. The van der Waals surface area contributed by atoms with Crippen LogP contribution in [0, 0.1) is 0 Å². The molecule has 54 heavy (non-hydrogen) atoms. The number of sulfonamides is 1. The van der Waals surface area contributed by atoms with Crippen molar-refractivity contribution in [2.75, 3.05) is 27.7 Å². The van der Waals surface area contributed by atoms with Crippen molar-refractivity contribution in [2.45, 2.75) is 97.6 Å². The zero-order valence-electron chi connectivity index (χ0n) is 27.9. The van der Waals surface area contributed by atoms with Gasteiger partial charge in [0.15, 0.2) is 4.93 Å². The first-order valence-electron chi connectivity index (χ1n) is 13.1. The summed E-state index contributed by atoms with van der Waals surface area (Å²) in [6.07, 6.45) is -9.51. The minimum Gasteiger partial charge on any atom is -0.746 e. The molecule has 1 heterocycles. The van der Waals surface area contributed by atoms with Crippen LogP contribution in [0.2, 0.25) is 0 Å². The number of alkyl halides is 17. The third-order valence-corrected chi connectivity index (χ3v) is 9.77. The molecule has 0 radical (unpaired) electrons. The zero-order chi connectivity index (χ0) is 40.6. The fourth-order valence-corrected chi connectivity index (χ4v) is 5.98. The molecule has 1 aliphatic heterocycles. The van der Waals surface area contributed by atoms with Crippen LogP contribution in [0.5, 0.6) is 0 Å². The monoisotopic (exact) mass is 953 g/mol. The molecular weight excluding hydrogens is 923 g/mol. The van der Waals surface area contributed by atoms with E-state index >= 15 is 0 Å². The largest absolute Gasteiger partial charge is 1.00 e. The summed E-state index contributed by atoms with van der Waals surface area (Å²) < 4.78 is 288. The van der Waals surface area contributed by atoms with Gasteiger partial charge in [-0.05, 0) is 12.8 Å². The second-order valence-corrected chi connectivity index (χ2v) is 13.4. The number of nitrogens with zero attached hydrogens (tertiary/aromatic N) is 2. The molecular formula is C20H32Cl3F17N5NaO6S2. The maximum Gasteiger partial charge on any atom is 1.00 e. The Kier molecular flexibility index (Phi) is 24.1. The molecule has 0 aliphatic carbocycles. The van der Waals surface area contributed by atoms with Gasteiger partial charge in [0.1, 0.15) is 16.3 Å². The molecule has 0 saturated carbocycles. The van der Waals surface area contributed by atoms with Gasteiger partial charge in [0.05, 0.1) is 6.61 Å². The van der Waals surface area contributed by atoms with Crippen LogP contribution in [0.1, 0.15) is 39.5 Å². The molecule has 0 aromatic heterocycles. The smallest absolute Gasteiger partial charge is 0.746 e. The molecule has 1 rings (SSSR count). The van der Waals surface area contributed by atoms with Crippen molar-refractivity contribution < 1.29 is 130 Å². The summed E-state index contributed by atoms with van der Waals surface area (Å²) in [6.45, 7) is 3.15. The summed E-state index contributed by atoms with van der Waals surface area (Å²) >= 11 is 0. The molecule has 326 valence electrons. The standard InChI is InChI=1S/C14H18F17N5O2S.C6H12O4S.3ClH.Na/c1-5-6(36(33-3)35(4)32-2)34-39(37,38)14(30,31)12(25,26)10(21,22)8(17,18)7(15,16)9(19,20)11(23,24)13(27,28)29;1-2-3-6(4-5-10-6)11(7,8)9;;;;/h6,32-34H,5H2,1-4H3;2-5H2,1H3,(H,7,8,9);3*1H;/q;;;;;+1/p-1. The molecule has 2 atom stereocenters. The van der Waals surface area contributed by atoms with Crippen LogP contribution in [0.4, 0.5) is 74.6 Å². The third kappa shape index (κ3) is 10.9. The van der Waals surface area contributed by atoms with Gasteiger partial charge in [-0.1, -0.05) is 20.3 Å². The Balaban J connectivity index is -0.000000456. The molecule has 1 aliphatic rings. The van der Waals surface area contributed by atoms with Gasteiger partial charge >= 0.3 is 76.5 Å². The SMILES string of the molecule is CCC(NS(=O)(=O)C(F)(F)C(F)(F)C(F)(F)C(F)(F)C(F)(F)C(F)(F)C(F)(F)C(F)(F)F)N(NC)N(C)NC.CCCC1(S(=O)(=O)[O-])CCO1.Cl.Cl.Cl.[Na+]. The minimum atomic E-state index is -8.88. The summed E-state index contributed by atoms with van der Waals surface area (Å²) in [6, 6.07) is 0. The second kappa shape index (κ2) is 20.5. The maximum atomic E-state index is 14.2. The summed E-state index contributed by atoms with van der Waals surface area (Å²) in [4.78, 5) is -1.37. The first-order chi connectivity index (χ1) is 21.9. The Hall–Kier alpha value is 0.300. The number of halogens is 20. The zero-order valence-corrected chi connectivity index (χ0v) is 34.0. The van der Waals surface area contributed by atoms with E-state index in [9.17, 15) is 96.0 Å². The van der Waals surface area contributed by atoms with Gasteiger partial charge in [-0.25, -0.2) is 27.7 Å². The van der Waals surface area contributed by atoms with Gasteiger partial charge in [-0.2, -0.15) is 84.5 Å². The molecule has 0 spiro atoms. The summed E-state index contributed by atoms with van der Waals surface area (Å²) in [5.74, 6) is -51.8. The number of rotatable bonds is 17. The third-order valence-electron chi connectivity index (χ3n) is 6.81. The molecule has 0 bridgehead atoms. The van der Waals surface area contributed by atoms with Crippen LogP contribution < -0.4 is 45.1 Å². The second-order valence-electron chi connectivity index (χ2n) is 10.0. The van der Waals surface area contributed by atoms with Crippen molar-refractivity contribution in [3.8, 4) is 0 Å². The van der Waals surface area contributed by atoms with E-state index in [0.29, 0.717) is 40.8 Å². The van der Waals surface area contributed by atoms with Gasteiger partial charge in [-0.3, -0.25) is 0 Å². The average molecular weight is 955 g/mol. The Morgan fingerprint density at radius 1 is 0.704 bits per heavy atom.